The maximum absolute atomic E-state index is 12.2. The zero-order chi connectivity index (χ0) is 18.3. The van der Waals surface area contributed by atoms with Crippen LogP contribution in [0.25, 0.3) is 0 Å². The summed E-state index contributed by atoms with van der Waals surface area (Å²) in [6, 6.07) is 10.9. The molecular weight excluding hydrogens is 330 g/mol. The van der Waals surface area contributed by atoms with Crippen LogP contribution in [0.5, 0.6) is 0 Å². The second kappa shape index (κ2) is 6.29. The van der Waals surface area contributed by atoms with Gasteiger partial charge in [-0.1, -0.05) is 12.1 Å². The lowest BCUT2D eigenvalue weighted by Gasteiger charge is -2.26. The van der Waals surface area contributed by atoms with Gasteiger partial charge in [-0.15, -0.1) is 0 Å². The summed E-state index contributed by atoms with van der Waals surface area (Å²) < 4.78 is 0. The lowest BCUT2D eigenvalue weighted by atomic mass is 9.99. The summed E-state index contributed by atoms with van der Waals surface area (Å²) in [4.78, 5) is 38.3. The molecule has 132 valence electrons. The van der Waals surface area contributed by atoms with Crippen LogP contribution in [0.15, 0.2) is 36.4 Å². The molecule has 26 heavy (non-hydrogen) atoms. The summed E-state index contributed by atoms with van der Waals surface area (Å²) in [5, 5.41) is 5.25. The minimum atomic E-state index is -0.726. The average molecular weight is 349 g/mol. The molecular formula is C20H19N3O3. The van der Waals surface area contributed by atoms with E-state index in [1.807, 2.05) is 30.0 Å². The molecule has 0 unspecified atom stereocenters. The zero-order valence-corrected chi connectivity index (χ0v) is 14.5. The average Bonchev–Trinajstić information content (AvgIpc) is 2.92. The summed E-state index contributed by atoms with van der Waals surface area (Å²) in [6.07, 6.45) is 2.12. The lowest BCUT2D eigenvalue weighted by molar-refractivity contribution is -0.132. The van der Waals surface area contributed by atoms with E-state index >= 15 is 0 Å². The van der Waals surface area contributed by atoms with E-state index in [2.05, 4.69) is 10.6 Å². The first-order valence-electron chi connectivity index (χ1n) is 8.66. The molecule has 2 aliphatic rings. The SMILES string of the molecule is Cc1cccc(NC(=O)C(=O)Nc2cc3c4c(c2)CC(=O)N4CCC3)c1. The van der Waals surface area contributed by atoms with Crippen LogP contribution >= 0.6 is 0 Å². The van der Waals surface area contributed by atoms with Gasteiger partial charge in [0.1, 0.15) is 0 Å². The Morgan fingerprint density at radius 2 is 1.73 bits per heavy atom. The largest absolute Gasteiger partial charge is 0.318 e. The molecule has 2 aromatic carbocycles. The van der Waals surface area contributed by atoms with Gasteiger partial charge in [0.25, 0.3) is 0 Å². The molecule has 0 saturated carbocycles. The molecule has 0 atom stereocenters. The van der Waals surface area contributed by atoms with Crippen LogP contribution in [0.3, 0.4) is 0 Å². The molecule has 6 nitrogen and oxygen atoms in total. The summed E-state index contributed by atoms with van der Waals surface area (Å²) in [5.41, 5.74) is 5.09. The lowest BCUT2D eigenvalue weighted by Crippen LogP contribution is -2.31. The van der Waals surface area contributed by atoms with Crippen molar-refractivity contribution < 1.29 is 14.4 Å². The van der Waals surface area contributed by atoms with Crippen molar-refractivity contribution in [2.24, 2.45) is 0 Å². The first kappa shape index (κ1) is 16.3. The van der Waals surface area contributed by atoms with Gasteiger partial charge in [0.2, 0.25) is 5.91 Å². The number of anilines is 3. The van der Waals surface area contributed by atoms with Crippen molar-refractivity contribution in [1.29, 1.82) is 0 Å². The topological polar surface area (TPSA) is 78.5 Å². The minimum absolute atomic E-state index is 0.0987. The highest BCUT2D eigenvalue weighted by molar-refractivity contribution is 6.43. The van der Waals surface area contributed by atoms with E-state index < -0.39 is 11.8 Å². The number of benzene rings is 2. The Balaban J connectivity index is 1.51. The number of aryl methyl sites for hydroxylation is 2. The Hall–Kier alpha value is -3.15. The van der Waals surface area contributed by atoms with Crippen molar-refractivity contribution in [2.75, 3.05) is 22.1 Å². The molecule has 0 radical (unpaired) electrons. The highest BCUT2D eigenvalue weighted by Crippen LogP contribution is 2.38. The number of nitrogens with one attached hydrogen (secondary N) is 2. The van der Waals surface area contributed by atoms with E-state index in [0.29, 0.717) is 17.8 Å². The maximum atomic E-state index is 12.2. The monoisotopic (exact) mass is 349 g/mol. The Bertz CT molecular complexity index is 936. The molecule has 0 fully saturated rings. The van der Waals surface area contributed by atoms with Crippen molar-refractivity contribution in [3.05, 3.63) is 53.1 Å². The zero-order valence-electron chi connectivity index (χ0n) is 14.5. The highest BCUT2D eigenvalue weighted by atomic mass is 16.2. The standard InChI is InChI=1S/C20H19N3O3/c1-12-4-2-6-15(8-12)21-19(25)20(26)22-16-9-13-5-3-7-23-17(24)11-14(10-16)18(13)23/h2,4,6,8-10H,3,5,7,11H2,1H3,(H,21,25)(H,22,26). The highest BCUT2D eigenvalue weighted by Gasteiger charge is 2.32. The van der Waals surface area contributed by atoms with E-state index in [1.54, 1.807) is 18.2 Å². The van der Waals surface area contributed by atoms with E-state index in [-0.39, 0.29) is 5.91 Å². The van der Waals surface area contributed by atoms with Crippen LogP contribution in [-0.4, -0.2) is 24.3 Å². The normalized spacial score (nSPS) is 14.8. The van der Waals surface area contributed by atoms with E-state index in [1.165, 1.54) is 0 Å². The van der Waals surface area contributed by atoms with Gasteiger partial charge >= 0.3 is 11.8 Å². The molecule has 2 aliphatic heterocycles. The second-order valence-electron chi connectivity index (χ2n) is 6.75. The molecule has 0 spiro atoms. The maximum Gasteiger partial charge on any atom is 0.314 e. The quantitative estimate of drug-likeness (QED) is 0.817. The molecule has 0 aliphatic carbocycles. The molecule has 3 amide bonds. The van der Waals surface area contributed by atoms with Crippen LogP contribution in [0.2, 0.25) is 0 Å². The van der Waals surface area contributed by atoms with E-state index in [9.17, 15) is 14.4 Å². The second-order valence-corrected chi connectivity index (χ2v) is 6.75. The third-order valence-corrected chi connectivity index (χ3v) is 4.75. The molecule has 4 rings (SSSR count). The Morgan fingerprint density at radius 3 is 2.50 bits per heavy atom. The molecule has 0 bridgehead atoms. The molecule has 2 N–H and O–H groups in total. The van der Waals surface area contributed by atoms with Gasteiger partial charge in [-0.25, -0.2) is 0 Å². The van der Waals surface area contributed by atoms with Gasteiger partial charge < -0.3 is 15.5 Å². The van der Waals surface area contributed by atoms with Crippen molar-refractivity contribution >= 4 is 34.8 Å². The first-order chi connectivity index (χ1) is 12.5. The fourth-order valence-corrected chi connectivity index (χ4v) is 3.65. The van der Waals surface area contributed by atoms with E-state index in [4.69, 9.17) is 0 Å². The Kier molecular flexibility index (Phi) is 3.95. The number of nitrogens with zero attached hydrogens (tertiary/aromatic N) is 1. The summed E-state index contributed by atoms with van der Waals surface area (Å²) >= 11 is 0. The first-order valence-corrected chi connectivity index (χ1v) is 8.66. The molecule has 0 aromatic heterocycles. The Labute approximate surface area is 151 Å². The fourth-order valence-electron chi connectivity index (χ4n) is 3.65. The summed E-state index contributed by atoms with van der Waals surface area (Å²) in [6.45, 7) is 2.67. The number of hydrogen-bond donors (Lipinski definition) is 2. The van der Waals surface area contributed by atoms with Crippen LogP contribution in [0.1, 0.15) is 23.1 Å². The predicted octanol–water partition coefficient (Wildman–Crippen LogP) is 2.41. The third kappa shape index (κ3) is 2.94. The fraction of sp³-hybridized carbons (Fsp3) is 0.250. The van der Waals surface area contributed by atoms with Gasteiger partial charge in [-0.05, 0) is 60.7 Å². The van der Waals surface area contributed by atoms with Crippen molar-refractivity contribution in [3.63, 3.8) is 0 Å². The molecule has 2 aromatic rings. The van der Waals surface area contributed by atoms with Crippen LogP contribution in [0.4, 0.5) is 17.1 Å². The van der Waals surface area contributed by atoms with Gasteiger partial charge in [0, 0.05) is 17.9 Å². The predicted molar refractivity (Wildman–Crippen MR) is 99.3 cm³/mol. The number of carbonyl (C=O) groups excluding carboxylic acids is 3. The van der Waals surface area contributed by atoms with Gasteiger partial charge in [0.15, 0.2) is 0 Å². The minimum Gasteiger partial charge on any atom is -0.318 e. The van der Waals surface area contributed by atoms with Crippen LogP contribution in [-0.2, 0) is 27.2 Å². The number of hydrogen-bond acceptors (Lipinski definition) is 3. The number of carbonyl (C=O) groups is 3. The number of rotatable bonds is 2. The van der Waals surface area contributed by atoms with Crippen LogP contribution < -0.4 is 15.5 Å². The summed E-state index contributed by atoms with van der Waals surface area (Å²) in [5.74, 6) is -1.35. The van der Waals surface area contributed by atoms with Crippen molar-refractivity contribution in [3.8, 4) is 0 Å². The van der Waals surface area contributed by atoms with Crippen molar-refractivity contribution in [2.45, 2.75) is 26.2 Å². The molecule has 2 heterocycles. The van der Waals surface area contributed by atoms with Gasteiger partial charge in [-0.2, -0.15) is 0 Å². The molecule has 6 heteroatoms. The molecule has 0 saturated heterocycles. The Morgan fingerprint density at radius 1 is 1.00 bits per heavy atom. The van der Waals surface area contributed by atoms with Crippen molar-refractivity contribution in [1.82, 2.24) is 0 Å². The third-order valence-electron chi connectivity index (χ3n) is 4.75. The van der Waals surface area contributed by atoms with Gasteiger partial charge in [0.05, 0.1) is 12.1 Å². The smallest absolute Gasteiger partial charge is 0.314 e. The number of amides is 3. The van der Waals surface area contributed by atoms with Crippen LogP contribution in [0, 0.1) is 6.92 Å². The summed E-state index contributed by atoms with van der Waals surface area (Å²) in [7, 11) is 0. The van der Waals surface area contributed by atoms with E-state index in [0.717, 1.165) is 41.8 Å². The van der Waals surface area contributed by atoms with Gasteiger partial charge in [-0.3, -0.25) is 14.4 Å².